The number of amides is 3. The monoisotopic (exact) mass is 463 g/mol. The van der Waals surface area contributed by atoms with E-state index in [-0.39, 0.29) is 13.1 Å². The standard InChI is InChI=1S/C27H33N3O4/c1-8-20-15-10-11-16-21(20)24(25(32)29-23-18(3)13-12-14-19(23)4)30(9-2)22(31)17-28-26(33)34-27(5,6)7/h1,10-16,24H,9,17H2,2-7H3,(H,28,33)(H,29,32). The van der Waals surface area contributed by atoms with E-state index >= 15 is 0 Å². The quantitative estimate of drug-likeness (QED) is 0.598. The van der Waals surface area contributed by atoms with Crippen LogP contribution in [-0.2, 0) is 14.3 Å². The predicted molar refractivity (Wildman–Crippen MR) is 133 cm³/mol. The van der Waals surface area contributed by atoms with Gasteiger partial charge in [-0.2, -0.15) is 0 Å². The molecule has 34 heavy (non-hydrogen) atoms. The predicted octanol–water partition coefficient (Wildman–Crippen LogP) is 4.34. The van der Waals surface area contributed by atoms with Crippen molar-refractivity contribution in [2.75, 3.05) is 18.4 Å². The summed E-state index contributed by atoms with van der Waals surface area (Å²) in [5.41, 5.74) is 2.83. The molecule has 3 amide bonds. The Morgan fingerprint density at radius 2 is 1.68 bits per heavy atom. The number of alkyl carbamates (subject to hydrolysis) is 1. The summed E-state index contributed by atoms with van der Waals surface area (Å²) in [6.07, 6.45) is 4.99. The number of terminal acetylenes is 1. The number of carbonyl (C=O) groups excluding carboxylic acids is 3. The zero-order valence-electron chi connectivity index (χ0n) is 20.7. The number of likely N-dealkylation sites (N-methyl/N-ethyl adjacent to an activating group) is 1. The number of carbonyl (C=O) groups is 3. The van der Waals surface area contributed by atoms with Gasteiger partial charge in [0, 0.05) is 17.8 Å². The highest BCUT2D eigenvalue weighted by atomic mass is 16.6. The van der Waals surface area contributed by atoms with Gasteiger partial charge in [0.15, 0.2) is 0 Å². The maximum atomic E-state index is 13.6. The molecule has 7 nitrogen and oxygen atoms in total. The van der Waals surface area contributed by atoms with Gasteiger partial charge in [0.25, 0.3) is 5.91 Å². The number of nitrogens with zero attached hydrogens (tertiary/aromatic N) is 1. The molecule has 0 aliphatic rings. The van der Waals surface area contributed by atoms with Crippen LogP contribution in [0.3, 0.4) is 0 Å². The topological polar surface area (TPSA) is 87.7 Å². The summed E-state index contributed by atoms with van der Waals surface area (Å²) in [6, 6.07) is 11.7. The van der Waals surface area contributed by atoms with E-state index in [1.165, 1.54) is 4.90 Å². The third-order valence-corrected chi connectivity index (χ3v) is 5.14. The van der Waals surface area contributed by atoms with Crippen LogP contribution in [0.4, 0.5) is 10.5 Å². The molecular formula is C27H33N3O4. The molecule has 0 aromatic heterocycles. The van der Waals surface area contributed by atoms with E-state index < -0.39 is 29.6 Å². The van der Waals surface area contributed by atoms with E-state index in [0.29, 0.717) is 16.8 Å². The number of nitrogens with one attached hydrogen (secondary N) is 2. The molecular weight excluding hydrogens is 430 g/mol. The summed E-state index contributed by atoms with van der Waals surface area (Å²) in [6.45, 7) is 10.7. The van der Waals surface area contributed by atoms with Crippen molar-refractivity contribution < 1.29 is 19.1 Å². The lowest BCUT2D eigenvalue weighted by atomic mass is 9.97. The van der Waals surface area contributed by atoms with Crippen LogP contribution in [0.15, 0.2) is 42.5 Å². The number of aryl methyl sites for hydroxylation is 2. The minimum absolute atomic E-state index is 0.221. The van der Waals surface area contributed by atoms with E-state index in [0.717, 1.165) is 11.1 Å². The summed E-state index contributed by atoms with van der Waals surface area (Å²) >= 11 is 0. The van der Waals surface area contributed by atoms with Gasteiger partial charge in [-0.3, -0.25) is 9.59 Å². The van der Waals surface area contributed by atoms with Crippen molar-refractivity contribution in [3.05, 3.63) is 64.7 Å². The lowest BCUT2D eigenvalue weighted by molar-refractivity contribution is -0.138. The molecule has 0 aliphatic heterocycles. The largest absolute Gasteiger partial charge is 0.444 e. The highest BCUT2D eigenvalue weighted by Crippen LogP contribution is 2.28. The van der Waals surface area contributed by atoms with Gasteiger partial charge >= 0.3 is 6.09 Å². The minimum Gasteiger partial charge on any atom is -0.444 e. The van der Waals surface area contributed by atoms with Crippen molar-refractivity contribution in [1.29, 1.82) is 0 Å². The molecule has 1 unspecified atom stereocenters. The van der Waals surface area contributed by atoms with Crippen molar-refractivity contribution in [3.8, 4) is 12.3 Å². The molecule has 0 radical (unpaired) electrons. The molecule has 0 aliphatic carbocycles. The van der Waals surface area contributed by atoms with E-state index in [9.17, 15) is 14.4 Å². The van der Waals surface area contributed by atoms with Gasteiger partial charge in [0.2, 0.25) is 5.91 Å². The fraction of sp³-hybridized carbons (Fsp3) is 0.370. The van der Waals surface area contributed by atoms with Crippen LogP contribution in [0.25, 0.3) is 0 Å². The second-order valence-electron chi connectivity index (χ2n) is 8.93. The Hall–Kier alpha value is -3.79. The zero-order valence-corrected chi connectivity index (χ0v) is 20.7. The lowest BCUT2D eigenvalue weighted by Gasteiger charge is -2.31. The SMILES string of the molecule is C#Cc1ccccc1C(C(=O)Nc1c(C)cccc1C)N(CC)C(=O)CNC(=O)OC(C)(C)C. The molecule has 0 saturated carbocycles. The Morgan fingerprint density at radius 3 is 2.24 bits per heavy atom. The van der Waals surface area contributed by atoms with Gasteiger partial charge < -0.3 is 20.3 Å². The average Bonchev–Trinajstić information content (AvgIpc) is 2.77. The third-order valence-electron chi connectivity index (χ3n) is 5.14. The van der Waals surface area contributed by atoms with Gasteiger partial charge in [-0.25, -0.2) is 4.79 Å². The number of benzene rings is 2. The summed E-state index contributed by atoms with van der Waals surface area (Å²) in [5.74, 6) is 1.77. The Labute approximate surface area is 201 Å². The van der Waals surface area contributed by atoms with Crippen molar-refractivity contribution in [2.45, 2.75) is 53.2 Å². The van der Waals surface area contributed by atoms with Gasteiger partial charge in [0.05, 0.1) is 0 Å². The van der Waals surface area contributed by atoms with Crippen LogP contribution in [0.2, 0.25) is 0 Å². The molecule has 0 fully saturated rings. The fourth-order valence-electron chi connectivity index (χ4n) is 3.59. The number of rotatable bonds is 7. The Kier molecular flexibility index (Phi) is 8.85. The highest BCUT2D eigenvalue weighted by Gasteiger charge is 2.32. The smallest absolute Gasteiger partial charge is 0.408 e. The molecule has 2 aromatic rings. The molecule has 0 bridgehead atoms. The number of anilines is 1. The molecule has 0 spiro atoms. The van der Waals surface area contributed by atoms with Crippen LogP contribution >= 0.6 is 0 Å². The summed E-state index contributed by atoms with van der Waals surface area (Å²) in [5, 5.41) is 5.45. The van der Waals surface area contributed by atoms with E-state index in [4.69, 9.17) is 11.2 Å². The van der Waals surface area contributed by atoms with Crippen LogP contribution in [-0.4, -0.2) is 41.5 Å². The highest BCUT2D eigenvalue weighted by molar-refractivity contribution is 5.99. The Bertz CT molecular complexity index is 1080. The Morgan fingerprint density at radius 1 is 1.06 bits per heavy atom. The van der Waals surface area contributed by atoms with E-state index in [1.54, 1.807) is 52.0 Å². The first-order valence-electron chi connectivity index (χ1n) is 11.2. The van der Waals surface area contributed by atoms with Crippen molar-refractivity contribution >= 4 is 23.6 Å². The number of ether oxygens (including phenoxy) is 1. The fourth-order valence-corrected chi connectivity index (χ4v) is 3.59. The third kappa shape index (κ3) is 6.85. The summed E-state index contributed by atoms with van der Waals surface area (Å²) < 4.78 is 5.21. The summed E-state index contributed by atoms with van der Waals surface area (Å²) in [4.78, 5) is 40.3. The van der Waals surface area contributed by atoms with Crippen LogP contribution in [0, 0.1) is 26.2 Å². The second-order valence-corrected chi connectivity index (χ2v) is 8.93. The first-order valence-corrected chi connectivity index (χ1v) is 11.2. The Balaban J connectivity index is 2.39. The molecule has 180 valence electrons. The molecule has 2 rings (SSSR count). The number of hydrogen-bond acceptors (Lipinski definition) is 4. The van der Waals surface area contributed by atoms with Gasteiger partial charge in [-0.1, -0.05) is 42.3 Å². The van der Waals surface area contributed by atoms with Crippen LogP contribution in [0.1, 0.15) is 56.0 Å². The number of hydrogen-bond donors (Lipinski definition) is 2. The molecule has 1 atom stereocenters. The van der Waals surface area contributed by atoms with E-state index in [2.05, 4.69) is 16.6 Å². The number of para-hydroxylation sites is 1. The first kappa shape index (κ1) is 26.5. The molecule has 7 heteroatoms. The summed E-state index contributed by atoms with van der Waals surface area (Å²) in [7, 11) is 0. The van der Waals surface area contributed by atoms with Crippen LogP contribution in [0.5, 0.6) is 0 Å². The minimum atomic E-state index is -0.996. The second kappa shape index (κ2) is 11.4. The first-order chi connectivity index (χ1) is 16.0. The normalized spacial score (nSPS) is 11.7. The molecule has 2 N–H and O–H groups in total. The van der Waals surface area contributed by atoms with Crippen LogP contribution < -0.4 is 10.6 Å². The lowest BCUT2D eigenvalue weighted by Crippen LogP contribution is -2.46. The molecule has 0 saturated heterocycles. The van der Waals surface area contributed by atoms with Gasteiger partial charge in [-0.15, -0.1) is 6.42 Å². The maximum absolute atomic E-state index is 13.6. The molecule has 0 heterocycles. The van der Waals surface area contributed by atoms with Crippen molar-refractivity contribution in [1.82, 2.24) is 10.2 Å². The average molecular weight is 464 g/mol. The van der Waals surface area contributed by atoms with E-state index in [1.807, 2.05) is 32.0 Å². The maximum Gasteiger partial charge on any atom is 0.408 e. The van der Waals surface area contributed by atoms with Gasteiger partial charge in [0.1, 0.15) is 18.2 Å². The van der Waals surface area contributed by atoms with Gasteiger partial charge in [-0.05, 0) is 64.3 Å². The van der Waals surface area contributed by atoms with Crippen molar-refractivity contribution in [2.24, 2.45) is 0 Å². The zero-order chi connectivity index (χ0) is 25.5. The van der Waals surface area contributed by atoms with Crippen molar-refractivity contribution in [3.63, 3.8) is 0 Å². The molecule has 2 aromatic carbocycles.